The van der Waals surface area contributed by atoms with Crippen molar-refractivity contribution in [1.82, 2.24) is 15.6 Å². The van der Waals surface area contributed by atoms with Crippen LogP contribution in [-0.2, 0) is 12.8 Å². The number of pyridine rings is 1. The summed E-state index contributed by atoms with van der Waals surface area (Å²) < 4.78 is 0. The minimum atomic E-state index is 0. The lowest BCUT2D eigenvalue weighted by Gasteiger charge is -2.11. The molecule has 0 unspecified atom stereocenters. The Hall–Kier alpha value is -1.34. The highest BCUT2D eigenvalue weighted by Crippen LogP contribution is 2.10. The molecule has 0 aliphatic carbocycles. The van der Waals surface area contributed by atoms with E-state index in [4.69, 9.17) is 11.6 Å². The van der Waals surface area contributed by atoms with Gasteiger partial charge < -0.3 is 10.6 Å². The third-order valence-electron chi connectivity index (χ3n) is 3.55. The van der Waals surface area contributed by atoms with E-state index in [2.05, 4.69) is 39.7 Å². The van der Waals surface area contributed by atoms with E-state index in [1.54, 1.807) is 0 Å². The number of nitrogens with zero attached hydrogens (tertiary/aromatic N) is 2. The fourth-order valence-corrected chi connectivity index (χ4v) is 2.45. The highest BCUT2D eigenvalue weighted by Gasteiger charge is 1.99. The van der Waals surface area contributed by atoms with E-state index in [0.717, 1.165) is 55.6 Å². The Balaban J connectivity index is 0.00000312. The van der Waals surface area contributed by atoms with Gasteiger partial charge in [0.1, 0.15) is 0 Å². The third-order valence-corrected chi connectivity index (χ3v) is 3.80. The Bertz CT molecular complexity index is 617. The summed E-state index contributed by atoms with van der Waals surface area (Å²) in [5, 5.41) is 7.41. The first kappa shape index (κ1) is 21.7. The monoisotopic (exact) mass is 472 g/mol. The minimum absolute atomic E-state index is 0. The molecule has 25 heavy (non-hydrogen) atoms. The average molecular weight is 473 g/mol. The molecule has 0 aliphatic rings. The molecule has 4 nitrogen and oxygen atoms in total. The van der Waals surface area contributed by atoms with Crippen LogP contribution in [0.1, 0.15) is 24.6 Å². The zero-order chi connectivity index (χ0) is 17.0. The van der Waals surface area contributed by atoms with Crippen LogP contribution >= 0.6 is 35.6 Å². The van der Waals surface area contributed by atoms with Crippen LogP contribution in [0.15, 0.2) is 53.7 Å². The summed E-state index contributed by atoms with van der Waals surface area (Å²) in [4.78, 5) is 8.95. The normalized spacial score (nSPS) is 10.9. The van der Waals surface area contributed by atoms with Gasteiger partial charge in [-0.05, 0) is 49.6 Å². The second-order valence-electron chi connectivity index (χ2n) is 5.49. The molecule has 1 heterocycles. The van der Waals surface area contributed by atoms with Crippen molar-refractivity contribution in [2.75, 3.05) is 19.6 Å². The lowest BCUT2D eigenvalue weighted by molar-refractivity contribution is 0.770. The minimum Gasteiger partial charge on any atom is -0.357 e. The van der Waals surface area contributed by atoms with Crippen LogP contribution in [0.3, 0.4) is 0 Å². The summed E-state index contributed by atoms with van der Waals surface area (Å²) in [6, 6.07) is 14.0. The summed E-state index contributed by atoms with van der Waals surface area (Å²) in [5.74, 6) is 0.865. The van der Waals surface area contributed by atoms with E-state index in [1.165, 1.54) is 5.56 Å². The number of guanidine groups is 1. The van der Waals surface area contributed by atoms with Crippen LogP contribution in [0.25, 0.3) is 0 Å². The molecule has 2 rings (SSSR count). The number of hydrogen-bond acceptors (Lipinski definition) is 2. The standard InChI is InChI=1S/C19H25ClN4.HI/c1-2-21-19(24-15-12-18-7-3-4-13-22-18)23-14-5-6-16-8-10-17(20)11-9-16;/h3-4,7-11,13H,2,5-6,12,14-15H2,1H3,(H2,21,23,24);1H. The van der Waals surface area contributed by atoms with Gasteiger partial charge in [0.2, 0.25) is 0 Å². The summed E-state index contributed by atoms with van der Waals surface area (Å²) in [5.41, 5.74) is 2.38. The van der Waals surface area contributed by atoms with Gasteiger partial charge in [-0.15, -0.1) is 24.0 Å². The molecule has 1 aromatic carbocycles. The lowest BCUT2D eigenvalue weighted by Crippen LogP contribution is -2.38. The van der Waals surface area contributed by atoms with Crippen molar-refractivity contribution in [3.05, 3.63) is 64.9 Å². The van der Waals surface area contributed by atoms with Crippen molar-refractivity contribution >= 4 is 41.5 Å². The Labute approximate surface area is 172 Å². The number of aromatic nitrogens is 1. The van der Waals surface area contributed by atoms with Crippen LogP contribution in [0, 0.1) is 0 Å². The molecule has 0 bridgehead atoms. The number of nitrogens with one attached hydrogen (secondary N) is 2. The van der Waals surface area contributed by atoms with Crippen LogP contribution in [0.5, 0.6) is 0 Å². The fourth-order valence-electron chi connectivity index (χ4n) is 2.32. The lowest BCUT2D eigenvalue weighted by atomic mass is 10.1. The maximum Gasteiger partial charge on any atom is 0.191 e. The van der Waals surface area contributed by atoms with Crippen molar-refractivity contribution in [1.29, 1.82) is 0 Å². The predicted molar refractivity (Wildman–Crippen MR) is 117 cm³/mol. The molecular weight excluding hydrogens is 447 g/mol. The molecule has 6 heteroatoms. The Kier molecular flexibility index (Phi) is 11.2. The van der Waals surface area contributed by atoms with Crippen molar-refractivity contribution in [3.63, 3.8) is 0 Å². The number of halogens is 2. The van der Waals surface area contributed by atoms with Gasteiger partial charge in [0.25, 0.3) is 0 Å². The smallest absolute Gasteiger partial charge is 0.191 e. The molecular formula is C19H26ClIN4. The summed E-state index contributed by atoms with van der Waals surface area (Å²) >= 11 is 5.90. The molecule has 0 atom stereocenters. The van der Waals surface area contributed by atoms with Crippen molar-refractivity contribution in [3.8, 4) is 0 Å². The highest BCUT2D eigenvalue weighted by molar-refractivity contribution is 14.0. The molecule has 0 fully saturated rings. The molecule has 1 aromatic heterocycles. The number of aliphatic imine (C=N–C) groups is 1. The van der Waals surface area contributed by atoms with E-state index in [9.17, 15) is 0 Å². The van der Waals surface area contributed by atoms with E-state index >= 15 is 0 Å². The van der Waals surface area contributed by atoms with Crippen molar-refractivity contribution in [2.24, 2.45) is 4.99 Å². The zero-order valence-corrected chi connectivity index (χ0v) is 17.6. The average Bonchev–Trinajstić information content (AvgIpc) is 2.61. The van der Waals surface area contributed by atoms with E-state index in [0.29, 0.717) is 0 Å². The fraction of sp³-hybridized carbons (Fsp3) is 0.368. The second-order valence-corrected chi connectivity index (χ2v) is 5.92. The van der Waals surface area contributed by atoms with Gasteiger partial charge in [0.15, 0.2) is 5.96 Å². The molecule has 0 amide bonds. The first-order chi connectivity index (χ1) is 11.8. The number of aryl methyl sites for hydroxylation is 1. The Morgan fingerprint density at radius 1 is 1.08 bits per heavy atom. The molecule has 136 valence electrons. The maximum atomic E-state index is 5.90. The molecule has 0 saturated heterocycles. The SMILES string of the molecule is CCNC(=NCCCc1ccc(Cl)cc1)NCCc1ccccn1.I. The first-order valence-electron chi connectivity index (χ1n) is 8.44. The molecule has 2 aromatic rings. The van der Waals surface area contributed by atoms with Gasteiger partial charge in [-0.25, -0.2) is 0 Å². The van der Waals surface area contributed by atoms with Gasteiger partial charge in [-0.3, -0.25) is 9.98 Å². The zero-order valence-electron chi connectivity index (χ0n) is 14.5. The Morgan fingerprint density at radius 3 is 2.56 bits per heavy atom. The molecule has 0 aliphatic heterocycles. The summed E-state index contributed by atoms with van der Waals surface area (Å²) in [6.07, 6.45) is 4.73. The van der Waals surface area contributed by atoms with E-state index in [-0.39, 0.29) is 24.0 Å². The third kappa shape index (κ3) is 9.07. The quantitative estimate of drug-likeness (QED) is 0.263. The largest absolute Gasteiger partial charge is 0.357 e. The summed E-state index contributed by atoms with van der Waals surface area (Å²) in [6.45, 7) is 4.54. The van der Waals surface area contributed by atoms with Gasteiger partial charge in [0, 0.05) is 43.0 Å². The van der Waals surface area contributed by atoms with Gasteiger partial charge >= 0.3 is 0 Å². The number of hydrogen-bond donors (Lipinski definition) is 2. The Morgan fingerprint density at radius 2 is 1.88 bits per heavy atom. The number of benzene rings is 1. The molecule has 0 spiro atoms. The molecule has 0 saturated carbocycles. The van der Waals surface area contributed by atoms with Crippen LogP contribution in [0.2, 0.25) is 5.02 Å². The van der Waals surface area contributed by atoms with Gasteiger partial charge in [-0.2, -0.15) is 0 Å². The van der Waals surface area contributed by atoms with E-state index in [1.807, 2.05) is 36.5 Å². The maximum absolute atomic E-state index is 5.90. The highest BCUT2D eigenvalue weighted by atomic mass is 127. The summed E-state index contributed by atoms with van der Waals surface area (Å²) in [7, 11) is 0. The van der Waals surface area contributed by atoms with Crippen molar-refractivity contribution in [2.45, 2.75) is 26.2 Å². The van der Waals surface area contributed by atoms with Gasteiger partial charge in [0.05, 0.1) is 0 Å². The van der Waals surface area contributed by atoms with Gasteiger partial charge in [-0.1, -0.05) is 29.8 Å². The predicted octanol–water partition coefficient (Wildman–Crippen LogP) is 4.08. The number of rotatable bonds is 8. The van der Waals surface area contributed by atoms with Crippen LogP contribution < -0.4 is 10.6 Å². The first-order valence-corrected chi connectivity index (χ1v) is 8.82. The van der Waals surface area contributed by atoms with Crippen LogP contribution in [0.4, 0.5) is 0 Å². The van der Waals surface area contributed by atoms with Crippen LogP contribution in [-0.4, -0.2) is 30.6 Å². The second kappa shape index (κ2) is 12.9. The topological polar surface area (TPSA) is 49.3 Å². The van der Waals surface area contributed by atoms with E-state index < -0.39 is 0 Å². The molecule has 2 N–H and O–H groups in total. The molecule has 0 radical (unpaired) electrons. The van der Waals surface area contributed by atoms with Crippen molar-refractivity contribution < 1.29 is 0 Å².